The fraction of sp³-hybridized carbons (Fsp3) is 0.744. The van der Waals surface area contributed by atoms with Crippen LogP contribution in [0.25, 0.3) is 6.08 Å². The molecule has 8 rings (SSSR count). The second kappa shape index (κ2) is 14.3. The summed E-state index contributed by atoms with van der Waals surface area (Å²) in [6, 6.07) is 6.27. The van der Waals surface area contributed by atoms with Crippen LogP contribution < -0.4 is 10.1 Å². The first-order valence-electron chi connectivity index (χ1n) is 20.3. The number of methoxy groups -OCH3 is 1. The zero-order valence-corrected chi connectivity index (χ0v) is 32.1. The van der Waals surface area contributed by atoms with Gasteiger partial charge in [-0.15, -0.1) is 0 Å². The lowest BCUT2D eigenvalue weighted by atomic mass is 9.47. The molecule has 1 amide bonds. The highest BCUT2D eigenvalue weighted by atomic mass is 16.7. The van der Waals surface area contributed by atoms with Crippen molar-refractivity contribution < 1.29 is 43.8 Å². The number of fused-ring (bicyclic) bond motifs is 7. The normalized spacial score (nSPS) is 47.7. The third kappa shape index (κ3) is 6.42. The quantitative estimate of drug-likeness (QED) is 0.215. The number of nitrogens with one attached hydrogen (secondary N) is 1. The maximum Gasteiger partial charge on any atom is 0.244 e. The lowest BCUT2D eigenvalue weighted by Crippen LogP contribution is -2.65. The maximum absolute atomic E-state index is 13.1. The van der Waals surface area contributed by atoms with Crippen molar-refractivity contribution in [2.24, 2.45) is 46.3 Å². The SMILES string of the molecule is COc1ccc(/C=C/C(=O)N[C@H]2[C@H](O[C@H]3CC[C@@]4(C)C(=CC[C@H]5[C@@H]6C[C@@H]7O[C@]8(CC[C@@H](C)CO8)[C@@H](C)[C@@H]7[C@@]6(C)CC[C@@H]54)C3)O[C@H](CO)[C@@H](O)[C@@H]2O)cc1. The Morgan fingerprint density at radius 2 is 1.83 bits per heavy atom. The summed E-state index contributed by atoms with van der Waals surface area (Å²) < 4.78 is 31.4. The van der Waals surface area contributed by atoms with E-state index < -0.39 is 43.2 Å². The molecule has 6 fully saturated rings. The molecule has 0 unspecified atom stereocenters. The third-order valence-electron chi connectivity index (χ3n) is 15.4. The van der Waals surface area contributed by atoms with E-state index in [-0.39, 0.29) is 28.8 Å². The van der Waals surface area contributed by atoms with Crippen molar-refractivity contribution in [3.05, 3.63) is 47.6 Å². The monoisotopic (exact) mass is 735 g/mol. The van der Waals surface area contributed by atoms with Crippen LogP contribution in [0, 0.1) is 46.3 Å². The molecule has 3 aliphatic heterocycles. The van der Waals surface area contributed by atoms with Crippen LogP contribution >= 0.6 is 0 Å². The molecule has 4 aliphatic carbocycles. The number of aliphatic hydroxyl groups excluding tert-OH is 3. The zero-order valence-electron chi connectivity index (χ0n) is 32.1. The summed E-state index contributed by atoms with van der Waals surface area (Å²) in [5, 5.41) is 34.6. The van der Waals surface area contributed by atoms with E-state index in [1.807, 2.05) is 24.3 Å². The van der Waals surface area contributed by atoms with Gasteiger partial charge in [-0.2, -0.15) is 0 Å². The van der Waals surface area contributed by atoms with Crippen molar-refractivity contribution in [1.29, 1.82) is 0 Å². The van der Waals surface area contributed by atoms with E-state index in [0.29, 0.717) is 41.3 Å². The van der Waals surface area contributed by atoms with Gasteiger partial charge in [0.1, 0.15) is 30.1 Å². The number of carbonyl (C=O) groups excluding carboxylic acids is 1. The standard InChI is InChI=1S/C43H61NO9/c1-24-14-19-43(50-23-24)25(2)36-33(53-43)21-32-30-12-9-27-20-29(15-17-41(27,3)31(30)16-18-42(32,36)4)51-40-37(39(48)38(47)34(22-45)52-40)44-35(46)13-8-26-6-10-28(49-5)11-7-26/h6-11,13,24-25,29-34,36-40,45,47-48H,12,14-23H2,1-5H3,(H,44,46)/b13-8+/t24-,25+,29+,30-,31+,32+,33+,34-,36+,37-,38-,39-,40-,41+,42+,43-/m1/s1. The molecule has 7 aliphatic rings. The largest absolute Gasteiger partial charge is 0.497 e. The molecular weight excluding hydrogens is 674 g/mol. The summed E-state index contributed by atoms with van der Waals surface area (Å²) in [6.45, 7) is 10.1. The number of hydrogen-bond acceptors (Lipinski definition) is 9. The maximum atomic E-state index is 13.1. The Kier molecular flexibility index (Phi) is 10.2. The smallest absolute Gasteiger partial charge is 0.244 e. The Hall–Kier alpha value is -2.31. The van der Waals surface area contributed by atoms with E-state index in [1.54, 1.807) is 13.2 Å². The summed E-state index contributed by atoms with van der Waals surface area (Å²) in [5.41, 5.74) is 2.61. The average molecular weight is 736 g/mol. The van der Waals surface area contributed by atoms with Crippen molar-refractivity contribution >= 4 is 12.0 Å². The second-order valence-electron chi connectivity index (χ2n) is 18.1. The Morgan fingerprint density at radius 3 is 2.55 bits per heavy atom. The molecule has 3 heterocycles. The molecule has 0 bridgehead atoms. The summed E-state index contributed by atoms with van der Waals surface area (Å²) in [5.74, 6) is 3.33. The number of hydrogen-bond donors (Lipinski definition) is 4. The average Bonchev–Trinajstić information content (AvgIpc) is 3.60. The molecule has 10 heteroatoms. The van der Waals surface area contributed by atoms with Crippen LogP contribution in [0.5, 0.6) is 5.75 Å². The second-order valence-corrected chi connectivity index (χ2v) is 18.1. The molecule has 10 nitrogen and oxygen atoms in total. The highest BCUT2D eigenvalue weighted by molar-refractivity contribution is 5.92. The highest BCUT2D eigenvalue weighted by Gasteiger charge is 2.68. The molecule has 0 aromatic heterocycles. The van der Waals surface area contributed by atoms with Gasteiger partial charge in [0.05, 0.1) is 32.5 Å². The van der Waals surface area contributed by atoms with E-state index in [9.17, 15) is 20.1 Å². The number of rotatable bonds is 7. The van der Waals surface area contributed by atoms with Gasteiger partial charge in [-0.05, 0) is 116 Å². The number of allylic oxidation sites excluding steroid dienone is 1. The number of amides is 1. The first-order chi connectivity index (χ1) is 25.4. The highest BCUT2D eigenvalue weighted by Crippen LogP contribution is 2.70. The number of aliphatic hydroxyl groups is 3. The van der Waals surface area contributed by atoms with Gasteiger partial charge in [0.25, 0.3) is 0 Å². The van der Waals surface area contributed by atoms with E-state index >= 15 is 0 Å². The molecular formula is C43H61NO9. The van der Waals surface area contributed by atoms with E-state index in [2.05, 4.69) is 39.1 Å². The van der Waals surface area contributed by atoms with Crippen LogP contribution in [0.2, 0.25) is 0 Å². The first kappa shape index (κ1) is 37.6. The van der Waals surface area contributed by atoms with Crippen LogP contribution in [0.1, 0.15) is 91.0 Å². The fourth-order valence-corrected chi connectivity index (χ4v) is 12.4. The molecule has 3 saturated carbocycles. The van der Waals surface area contributed by atoms with Crippen molar-refractivity contribution in [3.8, 4) is 5.75 Å². The van der Waals surface area contributed by atoms with Gasteiger partial charge >= 0.3 is 0 Å². The summed E-state index contributed by atoms with van der Waals surface area (Å²) in [4.78, 5) is 13.1. The molecule has 1 aromatic carbocycles. The van der Waals surface area contributed by atoms with Crippen molar-refractivity contribution in [2.45, 2.75) is 134 Å². The minimum atomic E-state index is -1.38. The van der Waals surface area contributed by atoms with Gasteiger partial charge in [0.15, 0.2) is 12.1 Å². The van der Waals surface area contributed by atoms with Crippen LogP contribution in [-0.2, 0) is 23.7 Å². The Balaban J connectivity index is 0.942. The molecule has 16 atom stereocenters. The van der Waals surface area contributed by atoms with Gasteiger partial charge in [-0.1, -0.05) is 51.5 Å². The number of ether oxygens (including phenoxy) is 5. The van der Waals surface area contributed by atoms with E-state index in [0.717, 1.165) is 50.7 Å². The Labute approximate surface area is 314 Å². The van der Waals surface area contributed by atoms with Crippen molar-refractivity contribution in [2.75, 3.05) is 20.3 Å². The van der Waals surface area contributed by atoms with Crippen LogP contribution in [0.3, 0.4) is 0 Å². The zero-order chi connectivity index (χ0) is 37.3. The molecule has 4 N–H and O–H groups in total. The van der Waals surface area contributed by atoms with Gasteiger partial charge in [-0.25, -0.2) is 0 Å². The summed E-state index contributed by atoms with van der Waals surface area (Å²) in [7, 11) is 1.60. The van der Waals surface area contributed by atoms with Crippen molar-refractivity contribution in [3.63, 3.8) is 0 Å². The predicted molar refractivity (Wildman–Crippen MR) is 198 cm³/mol. The van der Waals surface area contributed by atoms with Gasteiger partial charge in [-0.3, -0.25) is 4.79 Å². The van der Waals surface area contributed by atoms with Crippen molar-refractivity contribution in [1.82, 2.24) is 5.32 Å². The topological polar surface area (TPSA) is 136 Å². The summed E-state index contributed by atoms with van der Waals surface area (Å²) >= 11 is 0. The number of benzene rings is 1. The van der Waals surface area contributed by atoms with Gasteiger partial charge < -0.3 is 44.3 Å². The van der Waals surface area contributed by atoms with Crippen LogP contribution in [-0.4, -0.2) is 90.2 Å². The van der Waals surface area contributed by atoms with Gasteiger partial charge in [0.2, 0.25) is 5.91 Å². The summed E-state index contributed by atoms with van der Waals surface area (Å²) in [6.07, 6.45) is 10.3. The Morgan fingerprint density at radius 1 is 1.04 bits per heavy atom. The van der Waals surface area contributed by atoms with Gasteiger partial charge in [0, 0.05) is 18.4 Å². The van der Waals surface area contributed by atoms with Crippen LogP contribution in [0.15, 0.2) is 42.0 Å². The molecule has 0 radical (unpaired) electrons. The van der Waals surface area contributed by atoms with E-state index in [4.69, 9.17) is 23.7 Å². The number of carbonyl (C=O) groups is 1. The molecule has 292 valence electrons. The predicted octanol–water partition coefficient (Wildman–Crippen LogP) is 5.38. The lowest BCUT2D eigenvalue weighted by molar-refractivity contribution is -0.284. The van der Waals surface area contributed by atoms with E-state index in [1.165, 1.54) is 30.9 Å². The fourth-order valence-electron chi connectivity index (χ4n) is 12.4. The minimum absolute atomic E-state index is 0.0920. The minimum Gasteiger partial charge on any atom is -0.497 e. The lowest BCUT2D eigenvalue weighted by Gasteiger charge is -2.58. The molecule has 1 aromatic rings. The molecule has 53 heavy (non-hydrogen) atoms. The molecule has 1 spiro atoms. The van der Waals surface area contributed by atoms with Crippen LogP contribution in [0.4, 0.5) is 0 Å². The Bertz CT molecular complexity index is 1550. The first-order valence-corrected chi connectivity index (χ1v) is 20.3. The third-order valence-corrected chi connectivity index (χ3v) is 15.4. The molecule has 3 saturated heterocycles.